The molecule has 0 saturated carbocycles. The fraction of sp³-hybridized carbons (Fsp3) is 0.300. The molecule has 2 heterocycles. The number of anilines is 1. The van der Waals surface area contributed by atoms with E-state index in [9.17, 15) is 19.3 Å². The molecule has 1 fully saturated rings. The van der Waals surface area contributed by atoms with Crippen molar-refractivity contribution < 1.29 is 18.8 Å². The van der Waals surface area contributed by atoms with E-state index < -0.39 is 16.6 Å². The van der Waals surface area contributed by atoms with Crippen LogP contribution in [0.3, 0.4) is 0 Å². The number of carbonyl (C=O) groups excluding carboxylic acids is 1. The van der Waals surface area contributed by atoms with E-state index in [4.69, 9.17) is 4.74 Å². The average Bonchev–Trinajstić information content (AvgIpc) is 3.20. The van der Waals surface area contributed by atoms with E-state index >= 15 is 0 Å². The van der Waals surface area contributed by atoms with Gasteiger partial charge in [-0.2, -0.15) is 0 Å². The number of nitro groups is 1. The Balaban J connectivity index is 0.00000272. The Hall–Kier alpha value is -2.66. The van der Waals surface area contributed by atoms with Crippen LogP contribution in [0.15, 0.2) is 42.5 Å². The third-order valence-electron chi connectivity index (χ3n) is 4.88. The Morgan fingerprint density at radius 1 is 1.26 bits per heavy atom. The molecule has 164 valence electrons. The summed E-state index contributed by atoms with van der Waals surface area (Å²) < 4.78 is 20.1. The molecule has 4 rings (SSSR count). The Labute approximate surface area is 187 Å². The highest BCUT2D eigenvalue weighted by Crippen LogP contribution is 2.31. The summed E-state index contributed by atoms with van der Waals surface area (Å²) in [7, 11) is 0. The molecule has 11 heteroatoms. The van der Waals surface area contributed by atoms with Gasteiger partial charge in [0.25, 0.3) is 11.6 Å². The van der Waals surface area contributed by atoms with E-state index in [-0.39, 0.29) is 29.2 Å². The number of rotatable bonds is 6. The van der Waals surface area contributed by atoms with E-state index in [1.165, 1.54) is 46.6 Å². The Bertz CT molecular complexity index is 1090. The summed E-state index contributed by atoms with van der Waals surface area (Å²) in [6.07, 6.45) is 0. The van der Waals surface area contributed by atoms with E-state index in [0.29, 0.717) is 36.1 Å². The second kappa shape index (κ2) is 10.1. The number of carbonyl (C=O) groups is 1. The number of non-ortho nitro benzene ring substituents is 1. The molecule has 0 bridgehead atoms. The van der Waals surface area contributed by atoms with Crippen LogP contribution in [0, 0.1) is 15.9 Å². The molecule has 0 radical (unpaired) electrons. The summed E-state index contributed by atoms with van der Waals surface area (Å²) in [4.78, 5) is 31.9. The van der Waals surface area contributed by atoms with Crippen LogP contribution in [0.5, 0.6) is 0 Å². The van der Waals surface area contributed by atoms with Gasteiger partial charge in [0.1, 0.15) is 11.3 Å². The van der Waals surface area contributed by atoms with Gasteiger partial charge in [-0.1, -0.05) is 23.5 Å². The molecule has 2 aromatic carbocycles. The largest absolute Gasteiger partial charge is 0.379 e. The maximum atomic E-state index is 14.1. The maximum Gasteiger partial charge on any atom is 0.270 e. The monoisotopic (exact) mass is 466 g/mol. The normalized spacial score (nSPS) is 14.2. The third-order valence-corrected chi connectivity index (χ3v) is 5.93. The highest BCUT2D eigenvalue weighted by molar-refractivity contribution is 7.22. The van der Waals surface area contributed by atoms with Crippen molar-refractivity contribution in [2.45, 2.75) is 0 Å². The van der Waals surface area contributed by atoms with Gasteiger partial charge in [-0.05, 0) is 18.2 Å². The van der Waals surface area contributed by atoms with Crippen LogP contribution in [0.2, 0.25) is 0 Å². The van der Waals surface area contributed by atoms with Crippen LogP contribution < -0.4 is 4.90 Å². The fourth-order valence-corrected chi connectivity index (χ4v) is 4.28. The molecule has 1 amide bonds. The first-order valence-corrected chi connectivity index (χ1v) is 10.3. The number of hydrogen-bond donors (Lipinski definition) is 0. The second-order valence-electron chi connectivity index (χ2n) is 6.80. The zero-order chi connectivity index (χ0) is 21.1. The van der Waals surface area contributed by atoms with Gasteiger partial charge in [-0.3, -0.25) is 24.7 Å². The number of aromatic nitrogens is 1. The minimum atomic E-state index is -0.540. The smallest absolute Gasteiger partial charge is 0.270 e. The minimum absolute atomic E-state index is 0. The van der Waals surface area contributed by atoms with Gasteiger partial charge in [0, 0.05) is 43.9 Å². The SMILES string of the molecule is Cl.O=C(c1cccc([N+](=O)[O-])c1)N(CCN1CCOCC1)c1nc2c(F)cccc2s1. The number of amides is 1. The number of benzene rings is 2. The third kappa shape index (κ3) is 5.16. The van der Waals surface area contributed by atoms with Crippen LogP contribution in [0.1, 0.15) is 10.4 Å². The van der Waals surface area contributed by atoms with Crippen LogP contribution in [-0.4, -0.2) is 60.1 Å². The predicted octanol–water partition coefficient (Wildman–Crippen LogP) is 3.74. The van der Waals surface area contributed by atoms with Gasteiger partial charge in [0.15, 0.2) is 5.13 Å². The van der Waals surface area contributed by atoms with Gasteiger partial charge in [0.2, 0.25) is 0 Å². The van der Waals surface area contributed by atoms with Crippen LogP contribution in [-0.2, 0) is 4.74 Å². The number of para-hydroxylation sites is 1. The van der Waals surface area contributed by atoms with E-state index in [1.807, 2.05) is 0 Å². The van der Waals surface area contributed by atoms with Gasteiger partial charge in [-0.15, -0.1) is 12.4 Å². The molecule has 31 heavy (non-hydrogen) atoms. The highest BCUT2D eigenvalue weighted by atomic mass is 35.5. The molecule has 0 unspecified atom stereocenters. The molecule has 1 aliphatic rings. The zero-order valence-electron chi connectivity index (χ0n) is 16.4. The summed E-state index contributed by atoms with van der Waals surface area (Å²) >= 11 is 1.22. The number of nitrogens with zero attached hydrogens (tertiary/aromatic N) is 4. The first kappa shape index (κ1) is 23.0. The summed E-state index contributed by atoms with van der Waals surface area (Å²) in [5, 5.41) is 11.5. The number of nitro benzene ring substituents is 1. The highest BCUT2D eigenvalue weighted by Gasteiger charge is 2.24. The standard InChI is InChI=1S/C20H19FN4O4S.ClH/c21-16-5-2-6-17-18(16)22-20(30-17)24(8-7-23-9-11-29-12-10-23)19(26)14-3-1-4-15(13-14)25(27)28;/h1-6,13H,7-12H2;1H. The molecule has 3 aromatic rings. The lowest BCUT2D eigenvalue weighted by atomic mass is 10.2. The zero-order valence-corrected chi connectivity index (χ0v) is 18.0. The molecule has 1 aromatic heterocycles. The van der Waals surface area contributed by atoms with E-state index in [0.717, 1.165) is 13.1 Å². The second-order valence-corrected chi connectivity index (χ2v) is 7.81. The summed E-state index contributed by atoms with van der Waals surface area (Å²) in [6, 6.07) is 10.3. The molecule has 1 saturated heterocycles. The Morgan fingerprint density at radius 3 is 2.71 bits per heavy atom. The maximum absolute atomic E-state index is 14.1. The average molecular weight is 467 g/mol. The molecule has 1 aliphatic heterocycles. The lowest BCUT2D eigenvalue weighted by molar-refractivity contribution is -0.384. The predicted molar refractivity (Wildman–Crippen MR) is 119 cm³/mol. The lowest BCUT2D eigenvalue weighted by Crippen LogP contribution is -2.43. The van der Waals surface area contributed by atoms with Crippen molar-refractivity contribution in [3.8, 4) is 0 Å². The van der Waals surface area contributed by atoms with Gasteiger partial charge < -0.3 is 4.74 Å². The number of thiazole rings is 1. The molecule has 0 N–H and O–H groups in total. The molecule has 0 aliphatic carbocycles. The minimum Gasteiger partial charge on any atom is -0.379 e. The van der Waals surface area contributed by atoms with Gasteiger partial charge in [-0.25, -0.2) is 9.37 Å². The number of ether oxygens (including phenoxy) is 1. The number of halogens is 2. The molecular formula is C20H20ClFN4O4S. The Kier molecular flexibility index (Phi) is 7.50. The summed E-state index contributed by atoms with van der Waals surface area (Å²) in [5.41, 5.74) is 0.232. The first-order valence-electron chi connectivity index (χ1n) is 9.44. The number of hydrogen-bond acceptors (Lipinski definition) is 7. The number of morpholine rings is 1. The molecule has 0 atom stereocenters. The fourth-order valence-electron chi connectivity index (χ4n) is 3.28. The van der Waals surface area contributed by atoms with Crippen molar-refractivity contribution in [2.24, 2.45) is 0 Å². The van der Waals surface area contributed by atoms with Gasteiger partial charge >= 0.3 is 0 Å². The molecule has 8 nitrogen and oxygen atoms in total. The van der Waals surface area contributed by atoms with Crippen molar-refractivity contribution in [1.29, 1.82) is 0 Å². The van der Waals surface area contributed by atoms with Crippen molar-refractivity contribution >= 4 is 50.7 Å². The van der Waals surface area contributed by atoms with Crippen molar-refractivity contribution in [1.82, 2.24) is 9.88 Å². The summed E-state index contributed by atoms with van der Waals surface area (Å²) in [5.74, 6) is -0.864. The van der Waals surface area contributed by atoms with E-state index in [2.05, 4.69) is 9.88 Å². The number of fused-ring (bicyclic) bond motifs is 1. The van der Waals surface area contributed by atoms with Crippen LogP contribution >= 0.6 is 23.7 Å². The van der Waals surface area contributed by atoms with Crippen LogP contribution in [0.4, 0.5) is 15.2 Å². The van der Waals surface area contributed by atoms with Crippen LogP contribution in [0.25, 0.3) is 10.2 Å². The van der Waals surface area contributed by atoms with Crippen molar-refractivity contribution in [2.75, 3.05) is 44.3 Å². The Morgan fingerprint density at radius 2 is 2.00 bits per heavy atom. The van der Waals surface area contributed by atoms with Crippen molar-refractivity contribution in [3.05, 3.63) is 64.0 Å². The van der Waals surface area contributed by atoms with Gasteiger partial charge in [0.05, 0.1) is 22.8 Å². The first-order chi connectivity index (χ1) is 14.5. The molecular weight excluding hydrogens is 447 g/mol. The topological polar surface area (TPSA) is 88.8 Å². The van der Waals surface area contributed by atoms with Crippen molar-refractivity contribution in [3.63, 3.8) is 0 Å². The quantitative estimate of drug-likeness (QED) is 0.406. The summed E-state index contributed by atoms with van der Waals surface area (Å²) in [6.45, 7) is 3.68. The lowest BCUT2D eigenvalue weighted by Gasteiger charge is -2.29. The van der Waals surface area contributed by atoms with E-state index in [1.54, 1.807) is 12.1 Å². The molecule has 0 spiro atoms.